The van der Waals surface area contributed by atoms with Crippen molar-refractivity contribution in [1.29, 1.82) is 0 Å². The van der Waals surface area contributed by atoms with Gasteiger partial charge in [-0.3, -0.25) is 9.80 Å². The zero-order valence-electron chi connectivity index (χ0n) is 16.5. The number of fused-ring (bicyclic) bond motifs is 1. The number of hydrogen-bond donors (Lipinski definition) is 0. The second-order valence-corrected chi connectivity index (χ2v) is 7.51. The Kier molecular flexibility index (Phi) is 5.36. The van der Waals surface area contributed by atoms with E-state index in [0.717, 1.165) is 54.7 Å². The molecule has 3 heterocycles. The molecule has 0 aliphatic carbocycles. The summed E-state index contributed by atoms with van der Waals surface area (Å²) in [4.78, 5) is 9.98. The molecule has 2 fully saturated rings. The molecule has 4 rings (SSSR count). The molecule has 1 aromatic heterocycles. The zero-order valence-corrected chi connectivity index (χ0v) is 16.5. The Morgan fingerprint density at radius 2 is 2.04 bits per heavy atom. The van der Waals surface area contributed by atoms with Gasteiger partial charge in [-0.25, -0.2) is 4.98 Å². The van der Waals surface area contributed by atoms with Crippen molar-refractivity contribution in [1.82, 2.24) is 14.8 Å². The summed E-state index contributed by atoms with van der Waals surface area (Å²) in [5, 5.41) is 0. The van der Waals surface area contributed by atoms with Gasteiger partial charge < -0.3 is 13.9 Å². The molecule has 6 nitrogen and oxygen atoms in total. The number of methoxy groups -OCH3 is 2. The fraction of sp³-hybridized carbons (Fsp3) is 0.571. The summed E-state index contributed by atoms with van der Waals surface area (Å²) in [7, 11) is 3.31. The van der Waals surface area contributed by atoms with Crippen molar-refractivity contribution >= 4 is 0 Å². The molecule has 0 amide bonds. The minimum Gasteiger partial charge on any atom is -0.497 e. The van der Waals surface area contributed by atoms with E-state index in [0.29, 0.717) is 11.9 Å². The van der Waals surface area contributed by atoms with Crippen LogP contribution in [0.25, 0.3) is 11.5 Å². The van der Waals surface area contributed by atoms with E-state index in [9.17, 15) is 0 Å². The van der Waals surface area contributed by atoms with Crippen molar-refractivity contribution in [2.24, 2.45) is 0 Å². The fourth-order valence-electron chi connectivity index (χ4n) is 4.25. The number of nitrogens with zero attached hydrogens (tertiary/aromatic N) is 3. The Morgan fingerprint density at radius 3 is 2.85 bits per heavy atom. The summed E-state index contributed by atoms with van der Waals surface area (Å²) in [6, 6.07) is 6.38. The number of aromatic nitrogens is 1. The van der Waals surface area contributed by atoms with Gasteiger partial charge in [0.05, 0.1) is 25.5 Å². The molecule has 2 saturated heterocycles. The van der Waals surface area contributed by atoms with E-state index in [1.807, 2.05) is 25.1 Å². The molecule has 1 aromatic carbocycles. The average Bonchev–Trinajstić information content (AvgIpc) is 3.07. The molecule has 0 saturated carbocycles. The van der Waals surface area contributed by atoms with Crippen molar-refractivity contribution in [3.8, 4) is 23.0 Å². The summed E-state index contributed by atoms with van der Waals surface area (Å²) in [6.07, 6.45) is 4.03. The van der Waals surface area contributed by atoms with Crippen molar-refractivity contribution < 1.29 is 13.9 Å². The first-order valence-electron chi connectivity index (χ1n) is 9.83. The average molecular weight is 371 g/mol. The summed E-state index contributed by atoms with van der Waals surface area (Å²) in [6.45, 7) is 7.49. The Balaban J connectivity index is 1.52. The van der Waals surface area contributed by atoms with Crippen LogP contribution < -0.4 is 9.47 Å². The van der Waals surface area contributed by atoms with E-state index in [1.165, 1.54) is 25.8 Å². The lowest BCUT2D eigenvalue weighted by Crippen LogP contribution is -2.54. The number of ether oxygens (including phenoxy) is 2. The van der Waals surface area contributed by atoms with Crippen LogP contribution in [-0.2, 0) is 6.54 Å². The topological polar surface area (TPSA) is 51.0 Å². The lowest BCUT2D eigenvalue weighted by atomic mass is 9.99. The Bertz CT molecular complexity index is 789. The number of piperidine rings is 1. The standard InChI is InChI=1S/C21H29N3O3/c1-15-19(14-23-10-11-24-9-5-4-6-16(24)13-23)22-21(27-15)18-12-17(25-2)7-8-20(18)26-3/h7-8,12,16H,4-6,9-11,13-14H2,1-3H3. The maximum Gasteiger partial charge on any atom is 0.230 e. The van der Waals surface area contributed by atoms with Crippen LogP contribution in [0.1, 0.15) is 30.7 Å². The maximum atomic E-state index is 6.01. The van der Waals surface area contributed by atoms with E-state index >= 15 is 0 Å². The lowest BCUT2D eigenvalue weighted by molar-refractivity contribution is 0.0450. The smallest absolute Gasteiger partial charge is 0.230 e. The Morgan fingerprint density at radius 1 is 1.15 bits per heavy atom. The predicted molar refractivity (Wildman–Crippen MR) is 104 cm³/mol. The highest BCUT2D eigenvalue weighted by Crippen LogP contribution is 2.34. The van der Waals surface area contributed by atoms with Gasteiger partial charge in [0.2, 0.25) is 5.89 Å². The van der Waals surface area contributed by atoms with E-state index in [1.54, 1.807) is 14.2 Å². The third kappa shape index (κ3) is 3.82. The first-order valence-corrected chi connectivity index (χ1v) is 9.83. The molecule has 2 aliphatic heterocycles. The van der Waals surface area contributed by atoms with Gasteiger partial charge in [0, 0.05) is 32.2 Å². The number of benzene rings is 1. The number of rotatable bonds is 5. The van der Waals surface area contributed by atoms with Gasteiger partial charge in [-0.2, -0.15) is 0 Å². The summed E-state index contributed by atoms with van der Waals surface area (Å²) >= 11 is 0. The molecule has 0 spiro atoms. The monoisotopic (exact) mass is 371 g/mol. The second-order valence-electron chi connectivity index (χ2n) is 7.51. The van der Waals surface area contributed by atoms with Crippen molar-refractivity contribution in [3.63, 3.8) is 0 Å². The molecular weight excluding hydrogens is 342 g/mol. The fourth-order valence-corrected chi connectivity index (χ4v) is 4.25. The van der Waals surface area contributed by atoms with E-state index < -0.39 is 0 Å². The first kappa shape index (κ1) is 18.3. The van der Waals surface area contributed by atoms with Gasteiger partial charge in [-0.05, 0) is 44.5 Å². The second kappa shape index (κ2) is 7.90. The largest absolute Gasteiger partial charge is 0.497 e. The lowest BCUT2D eigenvalue weighted by Gasteiger charge is -2.43. The van der Waals surface area contributed by atoms with Crippen molar-refractivity contribution in [3.05, 3.63) is 29.7 Å². The minimum absolute atomic E-state index is 0.592. The quantitative estimate of drug-likeness (QED) is 0.804. The van der Waals surface area contributed by atoms with Crippen LogP contribution in [0.5, 0.6) is 11.5 Å². The number of hydrogen-bond acceptors (Lipinski definition) is 6. The normalized spacial score (nSPS) is 21.1. The van der Waals surface area contributed by atoms with Crippen molar-refractivity contribution in [2.45, 2.75) is 38.8 Å². The maximum absolute atomic E-state index is 6.01. The molecule has 1 unspecified atom stereocenters. The number of oxazole rings is 1. The summed E-state index contributed by atoms with van der Waals surface area (Å²) < 4.78 is 16.8. The van der Waals surface area contributed by atoms with Gasteiger partial charge in [0.25, 0.3) is 0 Å². The Hall–Kier alpha value is -2.05. The predicted octanol–water partition coefficient (Wildman–Crippen LogP) is 3.34. The number of piperazine rings is 1. The molecule has 2 aliphatic rings. The van der Waals surface area contributed by atoms with Crippen LogP contribution in [0, 0.1) is 6.92 Å². The van der Waals surface area contributed by atoms with Crippen LogP contribution in [-0.4, -0.2) is 61.2 Å². The van der Waals surface area contributed by atoms with Gasteiger partial charge in [0.1, 0.15) is 17.3 Å². The van der Waals surface area contributed by atoms with E-state index in [2.05, 4.69) is 9.80 Å². The van der Waals surface area contributed by atoms with Gasteiger partial charge in [-0.1, -0.05) is 6.42 Å². The van der Waals surface area contributed by atoms with Crippen LogP contribution in [0.15, 0.2) is 22.6 Å². The van der Waals surface area contributed by atoms with Crippen molar-refractivity contribution in [2.75, 3.05) is 40.4 Å². The molecule has 27 heavy (non-hydrogen) atoms. The summed E-state index contributed by atoms with van der Waals surface area (Å²) in [5.41, 5.74) is 1.84. The van der Waals surface area contributed by atoms with E-state index in [-0.39, 0.29) is 0 Å². The van der Waals surface area contributed by atoms with Crippen LogP contribution in [0.4, 0.5) is 0 Å². The summed E-state index contributed by atoms with van der Waals surface area (Å²) in [5.74, 6) is 2.96. The van der Waals surface area contributed by atoms with E-state index in [4.69, 9.17) is 18.9 Å². The molecule has 1 atom stereocenters. The molecule has 2 aromatic rings. The minimum atomic E-state index is 0.592. The Labute approximate surface area is 161 Å². The highest BCUT2D eigenvalue weighted by atomic mass is 16.5. The van der Waals surface area contributed by atoms with Crippen LogP contribution >= 0.6 is 0 Å². The third-order valence-corrected chi connectivity index (χ3v) is 5.82. The highest BCUT2D eigenvalue weighted by molar-refractivity contribution is 5.65. The third-order valence-electron chi connectivity index (χ3n) is 5.82. The zero-order chi connectivity index (χ0) is 18.8. The molecule has 146 valence electrons. The highest BCUT2D eigenvalue weighted by Gasteiger charge is 2.29. The first-order chi connectivity index (χ1) is 13.2. The molecular formula is C21H29N3O3. The molecule has 6 heteroatoms. The molecule has 0 N–H and O–H groups in total. The van der Waals surface area contributed by atoms with Gasteiger partial charge in [-0.15, -0.1) is 0 Å². The molecule has 0 radical (unpaired) electrons. The number of aryl methyl sites for hydroxylation is 1. The van der Waals surface area contributed by atoms with Crippen LogP contribution in [0.2, 0.25) is 0 Å². The van der Waals surface area contributed by atoms with Gasteiger partial charge >= 0.3 is 0 Å². The van der Waals surface area contributed by atoms with Gasteiger partial charge in [0.15, 0.2) is 0 Å². The SMILES string of the molecule is COc1ccc(OC)c(-c2nc(CN3CCN4CCCCC4C3)c(C)o2)c1. The van der Waals surface area contributed by atoms with Crippen LogP contribution in [0.3, 0.4) is 0 Å². The molecule has 0 bridgehead atoms.